The van der Waals surface area contributed by atoms with Crippen molar-refractivity contribution >= 4 is 34.2 Å². The molecule has 0 spiro atoms. The van der Waals surface area contributed by atoms with Crippen molar-refractivity contribution in [1.29, 1.82) is 0 Å². The molecule has 0 aliphatic rings. The second-order valence-electron chi connectivity index (χ2n) is 2.09. The number of carbonyl (C=O) groups excluding carboxylic acids is 1. The van der Waals surface area contributed by atoms with Crippen LogP contribution in [0.2, 0.25) is 0 Å². The molecule has 0 atom stereocenters. The summed E-state index contributed by atoms with van der Waals surface area (Å²) in [5.74, 6) is -0.0532. The van der Waals surface area contributed by atoms with Gasteiger partial charge in [0, 0.05) is 10.5 Å². The third-order valence-electron chi connectivity index (χ3n) is 1.12. The molecule has 1 rings (SSSR count). The minimum atomic E-state index is -0.0532. The van der Waals surface area contributed by atoms with E-state index in [2.05, 4.69) is 34.0 Å². The minimum Gasteiger partial charge on any atom is -0.325 e. The second kappa shape index (κ2) is 3.71. The molecule has 1 aromatic rings. The SMILES string of the molecule is CC(=O)Nc1c[c]ccc1I. The van der Waals surface area contributed by atoms with Gasteiger partial charge in [0.15, 0.2) is 0 Å². The van der Waals surface area contributed by atoms with E-state index in [0.717, 1.165) is 9.26 Å². The van der Waals surface area contributed by atoms with Gasteiger partial charge in [0.05, 0.1) is 5.69 Å². The van der Waals surface area contributed by atoms with Gasteiger partial charge in [0.25, 0.3) is 0 Å². The highest BCUT2D eigenvalue weighted by molar-refractivity contribution is 14.1. The Labute approximate surface area is 79.1 Å². The number of rotatable bonds is 1. The molecule has 0 aromatic heterocycles. The van der Waals surface area contributed by atoms with Crippen molar-refractivity contribution in [2.24, 2.45) is 0 Å². The number of nitrogens with one attached hydrogen (secondary N) is 1. The van der Waals surface area contributed by atoms with Gasteiger partial charge in [-0.3, -0.25) is 4.79 Å². The molecular formula is C8H7INO. The molecule has 11 heavy (non-hydrogen) atoms. The fourth-order valence-electron chi connectivity index (χ4n) is 0.697. The molecular weight excluding hydrogens is 253 g/mol. The van der Waals surface area contributed by atoms with Crippen LogP contribution in [-0.4, -0.2) is 5.91 Å². The minimum absolute atomic E-state index is 0.0532. The number of anilines is 1. The van der Waals surface area contributed by atoms with Gasteiger partial charge in [0.2, 0.25) is 5.91 Å². The first kappa shape index (κ1) is 8.52. The zero-order valence-electron chi connectivity index (χ0n) is 6.02. The lowest BCUT2D eigenvalue weighted by Crippen LogP contribution is -2.06. The first-order valence-electron chi connectivity index (χ1n) is 3.13. The zero-order valence-corrected chi connectivity index (χ0v) is 8.18. The Hall–Kier alpha value is -0.580. The summed E-state index contributed by atoms with van der Waals surface area (Å²) in [6.45, 7) is 1.49. The molecule has 1 amide bonds. The third-order valence-corrected chi connectivity index (χ3v) is 2.06. The standard InChI is InChI=1S/C8H7INO/c1-6(11)10-8-5-3-2-4-7(8)9/h2,4-5H,1H3,(H,10,11). The van der Waals surface area contributed by atoms with Gasteiger partial charge >= 0.3 is 0 Å². The number of hydrogen-bond donors (Lipinski definition) is 1. The van der Waals surface area contributed by atoms with E-state index in [4.69, 9.17) is 0 Å². The Kier molecular flexibility index (Phi) is 2.87. The van der Waals surface area contributed by atoms with E-state index in [1.165, 1.54) is 6.92 Å². The lowest BCUT2D eigenvalue weighted by atomic mass is 10.3. The normalized spacial score (nSPS) is 9.27. The van der Waals surface area contributed by atoms with Crippen LogP contribution in [0.4, 0.5) is 5.69 Å². The number of halogens is 1. The van der Waals surface area contributed by atoms with Crippen molar-refractivity contribution in [3.63, 3.8) is 0 Å². The van der Waals surface area contributed by atoms with Crippen LogP contribution in [0.1, 0.15) is 6.92 Å². The maximum Gasteiger partial charge on any atom is 0.221 e. The highest BCUT2D eigenvalue weighted by atomic mass is 127. The summed E-state index contributed by atoms with van der Waals surface area (Å²) in [5, 5.41) is 2.70. The monoisotopic (exact) mass is 260 g/mol. The van der Waals surface area contributed by atoms with Gasteiger partial charge in [-0.15, -0.1) is 0 Å². The Morgan fingerprint density at radius 2 is 2.45 bits per heavy atom. The van der Waals surface area contributed by atoms with Gasteiger partial charge in [0.1, 0.15) is 0 Å². The zero-order chi connectivity index (χ0) is 8.27. The predicted molar refractivity (Wildman–Crippen MR) is 52.3 cm³/mol. The molecule has 57 valence electrons. The molecule has 3 heteroatoms. The Morgan fingerprint density at radius 3 is 3.00 bits per heavy atom. The largest absolute Gasteiger partial charge is 0.325 e. The molecule has 0 saturated carbocycles. The van der Waals surface area contributed by atoms with Crippen molar-refractivity contribution in [3.8, 4) is 0 Å². The highest BCUT2D eigenvalue weighted by Gasteiger charge is 1.97. The molecule has 1 radical (unpaired) electrons. The third kappa shape index (κ3) is 2.49. The topological polar surface area (TPSA) is 29.1 Å². The van der Waals surface area contributed by atoms with Crippen LogP contribution < -0.4 is 5.32 Å². The molecule has 0 bridgehead atoms. The van der Waals surface area contributed by atoms with E-state index in [1.54, 1.807) is 6.07 Å². The molecule has 1 aromatic carbocycles. The van der Waals surface area contributed by atoms with Gasteiger partial charge in [-0.25, -0.2) is 0 Å². The summed E-state index contributed by atoms with van der Waals surface area (Å²) >= 11 is 2.16. The molecule has 0 unspecified atom stereocenters. The lowest BCUT2D eigenvalue weighted by Gasteiger charge is -2.02. The smallest absolute Gasteiger partial charge is 0.221 e. The van der Waals surface area contributed by atoms with E-state index in [-0.39, 0.29) is 5.91 Å². The molecule has 0 saturated heterocycles. The Morgan fingerprint density at radius 1 is 1.73 bits per heavy atom. The van der Waals surface area contributed by atoms with Gasteiger partial charge in [-0.2, -0.15) is 0 Å². The maximum absolute atomic E-state index is 10.6. The van der Waals surface area contributed by atoms with Crippen LogP contribution in [0.25, 0.3) is 0 Å². The molecule has 2 nitrogen and oxygen atoms in total. The van der Waals surface area contributed by atoms with Crippen LogP contribution in [0.15, 0.2) is 18.2 Å². The van der Waals surface area contributed by atoms with Crippen molar-refractivity contribution in [2.75, 3.05) is 5.32 Å². The number of hydrogen-bond acceptors (Lipinski definition) is 1. The highest BCUT2D eigenvalue weighted by Crippen LogP contribution is 2.15. The van der Waals surface area contributed by atoms with Crippen LogP contribution in [-0.2, 0) is 4.79 Å². The average molecular weight is 260 g/mol. The van der Waals surface area contributed by atoms with Crippen molar-refractivity contribution in [3.05, 3.63) is 27.8 Å². The van der Waals surface area contributed by atoms with Crippen molar-refractivity contribution in [1.82, 2.24) is 0 Å². The van der Waals surface area contributed by atoms with Crippen LogP contribution in [0.3, 0.4) is 0 Å². The van der Waals surface area contributed by atoms with Crippen molar-refractivity contribution in [2.45, 2.75) is 6.92 Å². The van der Waals surface area contributed by atoms with Crippen LogP contribution in [0, 0.1) is 9.64 Å². The molecule has 0 fully saturated rings. The molecule has 0 aliphatic carbocycles. The number of benzene rings is 1. The number of amides is 1. The first-order valence-corrected chi connectivity index (χ1v) is 4.21. The summed E-state index contributed by atoms with van der Waals surface area (Å²) in [7, 11) is 0. The van der Waals surface area contributed by atoms with Gasteiger partial charge in [-0.05, 0) is 40.8 Å². The molecule has 0 heterocycles. The average Bonchev–Trinajstić information content (AvgIpc) is 1.93. The van der Waals surface area contributed by atoms with Crippen molar-refractivity contribution < 1.29 is 4.79 Å². The summed E-state index contributed by atoms with van der Waals surface area (Å²) in [6.07, 6.45) is 0. The van der Waals surface area contributed by atoms with Gasteiger partial charge in [-0.1, -0.05) is 6.07 Å². The second-order valence-corrected chi connectivity index (χ2v) is 3.25. The fourth-order valence-corrected chi connectivity index (χ4v) is 1.17. The summed E-state index contributed by atoms with van der Waals surface area (Å²) in [6, 6.07) is 8.35. The van der Waals surface area contributed by atoms with E-state index in [0.29, 0.717) is 0 Å². The van der Waals surface area contributed by atoms with Crippen LogP contribution >= 0.6 is 22.6 Å². The fraction of sp³-hybridized carbons (Fsp3) is 0.125. The number of carbonyl (C=O) groups is 1. The summed E-state index contributed by atoms with van der Waals surface area (Å²) in [5.41, 5.74) is 0.820. The summed E-state index contributed by atoms with van der Waals surface area (Å²) in [4.78, 5) is 10.6. The Bertz CT molecular complexity index is 273. The predicted octanol–water partition coefficient (Wildman–Crippen LogP) is 2.05. The Balaban J connectivity index is 2.86. The molecule has 1 N–H and O–H groups in total. The van der Waals surface area contributed by atoms with E-state index >= 15 is 0 Å². The lowest BCUT2D eigenvalue weighted by molar-refractivity contribution is -0.114. The summed E-state index contributed by atoms with van der Waals surface area (Å²) < 4.78 is 1.02. The maximum atomic E-state index is 10.6. The van der Waals surface area contributed by atoms with E-state index < -0.39 is 0 Å². The van der Waals surface area contributed by atoms with E-state index in [9.17, 15) is 4.79 Å². The van der Waals surface area contributed by atoms with Gasteiger partial charge < -0.3 is 5.32 Å². The quantitative estimate of drug-likeness (QED) is 0.769. The van der Waals surface area contributed by atoms with Crippen LogP contribution in [0.5, 0.6) is 0 Å². The van der Waals surface area contributed by atoms with E-state index in [1.807, 2.05) is 12.1 Å². The molecule has 0 aliphatic heterocycles. The first-order chi connectivity index (χ1) is 5.20.